The molecule has 2 N–H and O–H groups in total. The molecule has 0 bridgehead atoms. The Hall–Kier alpha value is -1.59. The molecule has 2 saturated heterocycles. The first-order chi connectivity index (χ1) is 11.2. The summed E-state index contributed by atoms with van der Waals surface area (Å²) >= 11 is 0. The summed E-state index contributed by atoms with van der Waals surface area (Å²) in [6.07, 6.45) is 4.85. The van der Waals surface area contributed by atoms with Crippen molar-refractivity contribution in [3.63, 3.8) is 0 Å². The highest BCUT2D eigenvalue weighted by Gasteiger charge is 2.21. The number of piperidine rings is 1. The Morgan fingerprint density at radius 2 is 1.92 bits per heavy atom. The van der Waals surface area contributed by atoms with Crippen LogP contribution in [0.5, 0.6) is 0 Å². The molecule has 1 unspecified atom stereocenters. The summed E-state index contributed by atoms with van der Waals surface area (Å²) in [4.78, 5) is 25.6. The molecule has 2 aliphatic heterocycles. The Morgan fingerprint density at radius 1 is 1.17 bits per heavy atom. The first-order valence-corrected chi connectivity index (χ1v) is 8.59. The van der Waals surface area contributed by atoms with E-state index in [-0.39, 0.29) is 30.3 Å². The minimum absolute atomic E-state index is 0. The monoisotopic (exact) mass is 351 g/mol. The zero-order valence-corrected chi connectivity index (χ0v) is 14.7. The molecule has 6 heteroatoms. The van der Waals surface area contributed by atoms with Crippen LogP contribution in [0.15, 0.2) is 24.3 Å². The van der Waals surface area contributed by atoms with Gasteiger partial charge in [0.15, 0.2) is 0 Å². The Bertz CT molecular complexity index is 556. The molecule has 0 aromatic heterocycles. The van der Waals surface area contributed by atoms with Gasteiger partial charge in [-0.05, 0) is 36.9 Å². The fourth-order valence-electron chi connectivity index (χ4n) is 3.24. The van der Waals surface area contributed by atoms with Crippen LogP contribution in [-0.4, -0.2) is 35.8 Å². The minimum Gasteiger partial charge on any atom is -0.351 e. The van der Waals surface area contributed by atoms with E-state index in [1.807, 2.05) is 29.2 Å². The number of rotatable bonds is 5. The lowest BCUT2D eigenvalue weighted by molar-refractivity contribution is -0.128. The predicted octanol–water partition coefficient (Wildman–Crippen LogP) is 1.99. The number of carbonyl (C=O) groups is 2. The van der Waals surface area contributed by atoms with E-state index in [0.29, 0.717) is 19.5 Å². The normalized spacial score (nSPS) is 20.6. The van der Waals surface area contributed by atoms with Crippen molar-refractivity contribution in [3.8, 4) is 0 Å². The molecule has 2 heterocycles. The Labute approximate surface area is 149 Å². The smallest absolute Gasteiger partial charge is 0.237 e. The number of hydrogen-bond acceptors (Lipinski definition) is 3. The van der Waals surface area contributed by atoms with Gasteiger partial charge in [0.2, 0.25) is 11.8 Å². The van der Waals surface area contributed by atoms with Gasteiger partial charge in [-0.2, -0.15) is 0 Å². The highest BCUT2D eigenvalue weighted by molar-refractivity contribution is 5.85. The van der Waals surface area contributed by atoms with Crippen LogP contribution in [0.4, 0.5) is 0 Å². The van der Waals surface area contributed by atoms with Crippen LogP contribution >= 0.6 is 12.4 Å². The third kappa shape index (κ3) is 4.95. The largest absolute Gasteiger partial charge is 0.351 e. The fraction of sp³-hybridized carbons (Fsp3) is 0.556. The molecule has 24 heavy (non-hydrogen) atoms. The van der Waals surface area contributed by atoms with Gasteiger partial charge in [-0.25, -0.2) is 0 Å². The average molecular weight is 352 g/mol. The second-order valence-corrected chi connectivity index (χ2v) is 6.46. The molecule has 3 rings (SSSR count). The summed E-state index contributed by atoms with van der Waals surface area (Å²) < 4.78 is 0. The van der Waals surface area contributed by atoms with Crippen molar-refractivity contribution in [2.45, 2.75) is 51.2 Å². The van der Waals surface area contributed by atoms with Crippen LogP contribution < -0.4 is 10.6 Å². The number of hydrogen-bond donors (Lipinski definition) is 2. The number of nitrogens with zero attached hydrogens (tertiary/aromatic N) is 1. The zero-order chi connectivity index (χ0) is 16.1. The predicted molar refractivity (Wildman–Crippen MR) is 95.8 cm³/mol. The van der Waals surface area contributed by atoms with E-state index in [1.165, 1.54) is 0 Å². The van der Waals surface area contributed by atoms with Gasteiger partial charge in [-0.1, -0.05) is 30.7 Å². The van der Waals surface area contributed by atoms with E-state index in [9.17, 15) is 9.59 Å². The number of amides is 2. The molecule has 2 fully saturated rings. The average Bonchev–Trinajstić information content (AvgIpc) is 2.99. The maximum atomic E-state index is 12.1. The van der Waals surface area contributed by atoms with Crippen molar-refractivity contribution >= 4 is 24.2 Å². The van der Waals surface area contributed by atoms with Gasteiger partial charge in [0.05, 0.1) is 6.04 Å². The highest BCUT2D eigenvalue weighted by atomic mass is 35.5. The SMILES string of the molecule is Cl.O=C(NCc1ccc(CN2CCCC2=O)cc1)C1CCCCN1. The van der Waals surface area contributed by atoms with Crippen LogP contribution in [0.1, 0.15) is 43.2 Å². The number of carbonyl (C=O) groups excluding carboxylic acids is 2. The van der Waals surface area contributed by atoms with Crippen molar-refractivity contribution in [2.24, 2.45) is 0 Å². The number of halogens is 1. The van der Waals surface area contributed by atoms with Crippen LogP contribution in [0.2, 0.25) is 0 Å². The molecule has 1 atom stereocenters. The molecule has 0 radical (unpaired) electrons. The van der Waals surface area contributed by atoms with Gasteiger partial charge in [0.1, 0.15) is 0 Å². The van der Waals surface area contributed by atoms with Crippen LogP contribution in [0.25, 0.3) is 0 Å². The van der Waals surface area contributed by atoms with Crippen molar-refractivity contribution in [1.29, 1.82) is 0 Å². The van der Waals surface area contributed by atoms with E-state index in [1.54, 1.807) is 0 Å². The van der Waals surface area contributed by atoms with E-state index in [0.717, 1.165) is 49.9 Å². The van der Waals surface area contributed by atoms with E-state index >= 15 is 0 Å². The lowest BCUT2D eigenvalue weighted by Crippen LogP contribution is -2.46. The molecule has 0 saturated carbocycles. The molecule has 0 aliphatic carbocycles. The van der Waals surface area contributed by atoms with Crippen molar-refractivity contribution in [1.82, 2.24) is 15.5 Å². The maximum absolute atomic E-state index is 12.1. The Morgan fingerprint density at radius 3 is 2.54 bits per heavy atom. The first kappa shape index (κ1) is 18.7. The molecule has 5 nitrogen and oxygen atoms in total. The van der Waals surface area contributed by atoms with Gasteiger partial charge >= 0.3 is 0 Å². The molecule has 2 amide bonds. The molecule has 2 aliphatic rings. The molecular weight excluding hydrogens is 326 g/mol. The van der Waals surface area contributed by atoms with Gasteiger partial charge < -0.3 is 15.5 Å². The Balaban J connectivity index is 0.00000208. The highest BCUT2D eigenvalue weighted by Crippen LogP contribution is 2.15. The second-order valence-electron chi connectivity index (χ2n) is 6.46. The molecule has 1 aromatic carbocycles. The third-order valence-corrected chi connectivity index (χ3v) is 4.66. The van der Waals surface area contributed by atoms with Crippen molar-refractivity contribution in [2.75, 3.05) is 13.1 Å². The summed E-state index contributed by atoms with van der Waals surface area (Å²) in [5.41, 5.74) is 2.23. The van der Waals surface area contributed by atoms with Crippen LogP contribution in [0.3, 0.4) is 0 Å². The number of nitrogens with one attached hydrogen (secondary N) is 2. The summed E-state index contributed by atoms with van der Waals surface area (Å²) in [7, 11) is 0. The van der Waals surface area contributed by atoms with Gasteiger partial charge in [-0.3, -0.25) is 9.59 Å². The summed E-state index contributed by atoms with van der Waals surface area (Å²) in [5, 5.41) is 6.26. The summed E-state index contributed by atoms with van der Waals surface area (Å²) in [6, 6.07) is 8.12. The van der Waals surface area contributed by atoms with Crippen LogP contribution in [-0.2, 0) is 22.7 Å². The van der Waals surface area contributed by atoms with Crippen molar-refractivity contribution in [3.05, 3.63) is 35.4 Å². The summed E-state index contributed by atoms with van der Waals surface area (Å²) in [6.45, 7) is 3.05. The van der Waals surface area contributed by atoms with Crippen LogP contribution in [0, 0.1) is 0 Å². The summed E-state index contributed by atoms with van der Waals surface area (Å²) in [5.74, 6) is 0.345. The molecule has 132 valence electrons. The van der Waals surface area contributed by atoms with E-state index in [4.69, 9.17) is 0 Å². The molecule has 0 spiro atoms. The van der Waals surface area contributed by atoms with Gasteiger partial charge in [0.25, 0.3) is 0 Å². The van der Waals surface area contributed by atoms with E-state index < -0.39 is 0 Å². The molecule has 1 aromatic rings. The zero-order valence-electron chi connectivity index (χ0n) is 13.9. The topological polar surface area (TPSA) is 61.4 Å². The minimum atomic E-state index is -0.0378. The second kappa shape index (κ2) is 9.04. The molecular formula is C18H26ClN3O2. The third-order valence-electron chi connectivity index (χ3n) is 4.66. The fourth-order valence-corrected chi connectivity index (χ4v) is 3.24. The standard InChI is InChI=1S/C18H25N3O2.ClH/c22-17-5-3-11-21(17)13-15-8-6-14(7-9-15)12-20-18(23)16-4-1-2-10-19-16;/h6-9,16,19H,1-5,10-13H2,(H,20,23);1H. The van der Waals surface area contributed by atoms with Gasteiger partial charge in [-0.15, -0.1) is 12.4 Å². The Kier molecular flexibility index (Phi) is 7.06. The van der Waals surface area contributed by atoms with Gasteiger partial charge in [0, 0.05) is 26.1 Å². The first-order valence-electron chi connectivity index (χ1n) is 8.59. The van der Waals surface area contributed by atoms with E-state index in [2.05, 4.69) is 10.6 Å². The quantitative estimate of drug-likeness (QED) is 0.852. The number of likely N-dealkylation sites (tertiary alicyclic amines) is 1. The maximum Gasteiger partial charge on any atom is 0.237 e. The number of benzene rings is 1. The van der Waals surface area contributed by atoms with Crippen molar-refractivity contribution < 1.29 is 9.59 Å². The lowest BCUT2D eigenvalue weighted by atomic mass is 10.0. The lowest BCUT2D eigenvalue weighted by Gasteiger charge is -2.22.